The lowest BCUT2D eigenvalue weighted by Crippen LogP contribution is -2.10. The van der Waals surface area contributed by atoms with E-state index in [9.17, 15) is 13.6 Å². The van der Waals surface area contributed by atoms with Crippen LogP contribution in [0.5, 0.6) is 0 Å². The summed E-state index contributed by atoms with van der Waals surface area (Å²) in [6, 6.07) is 3.43. The number of rotatable bonds is 1. The number of hydrogen-bond acceptors (Lipinski definition) is 1. The minimum absolute atomic E-state index is 0.142. The quantitative estimate of drug-likeness (QED) is 0.696. The predicted molar refractivity (Wildman–Crippen MR) is 52.5 cm³/mol. The third-order valence-electron chi connectivity index (χ3n) is 3.17. The van der Waals surface area contributed by atoms with Gasteiger partial charge >= 0.3 is 0 Å². The van der Waals surface area contributed by atoms with Gasteiger partial charge in [-0.3, -0.25) is 4.79 Å². The van der Waals surface area contributed by atoms with Crippen molar-refractivity contribution in [1.82, 2.24) is 0 Å². The summed E-state index contributed by atoms with van der Waals surface area (Å²) in [6.45, 7) is 1.78. The topological polar surface area (TPSA) is 17.1 Å². The summed E-state index contributed by atoms with van der Waals surface area (Å²) in [5, 5.41) is 0. The highest BCUT2D eigenvalue weighted by molar-refractivity contribution is 5.84. The van der Waals surface area contributed by atoms with Crippen LogP contribution in [-0.2, 0) is 4.79 Å². The van der Waals surface area contributed by atoms with Crippen molar-refractivity contribution in [2.24, 2.45) is 5.92 Å². The lowest BCUT2D eigenvalue weighted by Gasteiger charge is -2.15. The van der Waals surface area contributed by atoms with E-state index in [2.05, 4.69) is 0 Å². The number of carbonyl (C=O) groups is 1. The Morgan fingerprint density at radius 1 is 1.33 bits per heavy atom. The molecule has 1 aliphatic carbocycles. The van der Waals surface area contributed by atoms with E-state index in [0.29, 0.717) is 18.4 Å². The van der Waals surface area contributed by atoms with Crippen LogP contribution in [0.15, 0.2) is 18.2 Å². The summed E-state index contributed by atoms with van der Waals surface area (Å²) in [5.74, 6) is -1.07. The first-order valence-corrected chi connectivity index (χ1v) is 5.07. The minimum Gasteiger partial charge on any atom is -0.299 e. The zero-order chi connectivity index (χ0) is 11.0. The number of benzene rings is 1. The molecule has 0 saturated heterocycles. The van der Waals surface area contributed by atoms with Gasteiger partial charge in [-0.2, -0.15) is 0 Å². The Morgan fingerprint density at radius 3 is 2.67 bits per heavy atom. The molecule has 15 heavy (non-hydrogen) atoms. The Morgan fingerprint density at radius 2 is 2.07 bits per heavy atom. The minimum atomic E-state index is -0.446. The first-order valence-electron chi connectivity index (χ1n) is 5.07. The van der Waals surface area contributed by atoms with E-state index in [1.165, 1.54) is 6.07 Å². The van der Waals surface area contributed by atoms with Gasteiger partial charge in [0.25, 0.3) is 0 Å². The maximum Gasteiger partial charge on any atom is 0.136 e. The molecule has 3 heteroatoms. The predicted octanol–water partition coefficient (Wildman–Crippen LogP) is 3.05. The molecule has 0 aromatic heterocycles. The fourth-order valence-corrected chi connectivity index (χ4v) is 2.22. The van der Waals surface area contributed by atoms with Gasteiger partial charge in [-0.25, -0.2) is 8.78 Å². The summed E-state index contributed by atoms with van der Waals surface area (Å²) in [7, 11) is 0. The smallest absolute Gasteiger partial charge is 0.136 e. The van der Waals surface area contributed by atoms with Gasteiger partial charge in [-0.05, 0) is 36.1 Å². The SMILES string of the molecule is CC1C(=O)CCC1c1cc(F)ccc1F. The summed E-state index contributed by atoms with van der Waals surface area (Å²) in [5.41, 5.74) is 0.341. The molecule has 1 aromatic rings. The first kappa shape index (κ1) is 10.3. The molecule has 0 N–H and O–H groups in total. The second-order valence-corrected chi connectivity index (χ2v) is 4.07. The second kappa shape index (κ2) is 3.72. The van der Waals surface area contributed by atoms with E-state index in [4.69, 9.17) is 0 Å². The number of halogens is 2. The zero-order valence-corrected chi connectivity index (χ0v) is 8.47. The van der Waals surface area contributed by atoms with Crippen molar-refractivity contribution in [2.45, 2.75) is 25.7 Å². The van der Waals surface area contributed by atoms with Crippen molar-refractivity contribution < 1.29 is 13.6 Å². The molecule has 2 unspecified atom stereocenters. The van der Waals surface area contributed by atoms with E-state index in [-0.39, 0.29) is 17.6 Å². The van der Waals surface area contributed by atoms with Crippen molar-refractivity contribution in [1.29, 1.82) is 0 Å². The van der Waals surface area contributed by atoms with E-state index in [1.54, 1.807) is 6.92 Å². The lowest BCUT2D eigenvalue weighted by molar-refractivity contribution is -0.120. The van der Waals surface area contributed by atoms with Crippen molar-refractivity contribution in [2.75, 3.05) is 0 Å². The van der Waals surface area contributed by atoms with Crippen LogP contribution in [0, 0.1) is 17.6 Å². The monoisotopic (exact) mass is 210 g/mol. The molecule has 1 nitrogen and oxygen atoms in total. The fraction of sp³-hybridized carbons (Fsp3) is 0.417. The Bertz CT molecular complexity index is 401. The van der Waals surface area contributed by atoms with Gasteiger partial charge < -0.3 is 0 Å². The van der Waals surface area contributed by atoms with Crippen molar-refractivity contribution in [3.63, 3.8) is 0 Å². The van der Waals surface area contributed by atoms with E-state index in [1.807, 2.05) is 0 Å². The Hall–Kier alpha value is -1.25. The van der Waals surface area contributed by atoms with Gasteiger partial charge in [0.2, 0.25) is 0 Å². The van der Waals surface area contributed by atoms with E-state index in [0.717, 1.165) is 12.1 Å². The summed E-state index contributed by atoms with van der Waals surface area (Å²) in [4.78, 5) is 11.3. The number of ketones is 1. The van der Waals surface area contributed by atoms with Gasteiger partial charge in [-0.15, -0.1) is 0 Å². The maximum absolute atomic E-state index is 13.4. The zero-order valence-electron chi connectivity index (χ0n) is 8.47. The molecule has 1 aliphatic rings. The lowest BCUT2D eigenvalue weighted by atomic mass is 9.89. The molecule has 0 aliphatic heterocycles. The Labute approximate surface area is 87.1 Å². The average molecular weight is 210 g/mol. The second-order valence-electron chi connectivity index (χ2n) is 4.07. The molecule has 80 valence electrons. The van der Waals surface area contributed by atoms with Crippen LogP contribution in [0.4, 0.5) is 8.78 Å². The van der Waals surface area contributed by atoms with Gasteiger partial charge in [0, 0.05) is 12.3 Å². The fourth-order valence-electron chi connectivity index (χ4n) is 2.22. The molecule has 0 radical (unpaired) electrons. The largest absolute Gasteiger partial charge is 0.299 e. The van der Waals surface area contributed by atoms with Crippen molar-refractivity contribution >= 4 is 5.78 Å². The third-order valence-corrected chi connectivity index (χ3v) is 3.17. The van der Waals surface area contributed by atoms with Crippen LogP contribution in [0.25, 0.3) is 0 Å². The summed E-state index contributed by atoms with van der Waals surface area (Å²) >= 11 is 0. The average Bonchev–Trinajstić information content (AvgIpc) is 2.52. The standard InChI is InChI=1S/C12H12F2O/c1-7-9(3-5-12(7)15)10-6-8(13)2-4-11(10)14/h2,4,6-7,9H,3,5H2,1H3. The molecule has 1 saturated carbocycles. The van der Waals surface area contributed by atoms with Gasteiger partial charge in [-0.1, -0.05) is 6.92 Å². The third kappa shape index (κ3) is 1.78. The van der Waals surface area contributed by atoms with Crippen LogP contribution in [0.2, 0.25) is 0 Å². The van der Waals surface area contributed by atoms with E-state index >= 15 is 0 Å². The Kier molecular flexibility index (Phi) is 2.55. The molecule has 0 bridgehead atoms. The van der Waals surface area contributed by atoms with E-state index < -0.39 is 11.6 Å². The molecular weight excluding hydrogens is 198 g/mol. The molecule has 0 amide bonds. The number of carbonyl (C=O) groups excluding carboxylic acids is 1. The van der Waals surface area contributed by atoms with Gasteiger partial charge in [0.15, 0.2) is 0 Å². The van der Waals surface area contributed by atoms with Crippen LogP contribution < -0.4 is 0 Å². The molecule has 0 heterocycles. The van der Waals surface area contributed by atoms with Crippen LogP contribution >= 0.6 is 0 Å². The number of hydrogen-bond donors (Lipinski definition) is 0. The van der Waals surface area contributed by atoms with Crippen molar-refractivity contribution in [3.05, 3.63) is 35.4 Å². The highest BCUT2D eigenvalue weighted by Gasteiger charge is 2.33. The molecule has 2 rings (SSSR count). The summed E-state index contributed by atoms with van der Waals surface area (Å²) < 4.78 is 26.4. The number of Topliss-reactive ketones (excluding diaryl/α,β-unsaturated/α-hetero) is 1. The molecule has 1 aromatic carbocycles. The van der Waals surface area contributed by atoms with Crippen LogP contribution in [0.3, 0.4) is 0 Å². The highest BCUT2D eigenvalue weighted by Crippen LogP contribution is 2.38. The highest BCUT2D eigenvalue weighted by atomic mass is 19.1. The maximum atomic E-state index is 13.4. The molecular formula is C12H12F2O. The molecule has 0 spiro atoms. The Balaban J connectivity index is 2.37. The van der Waals surface area contributed by atoms with Crippen molar-refractivity contribution in [3.8, 4) is 0 Å². The van der Waals surface area contributed by atoms with Gasteiger partial charge in [0.1, 0.15) is 17.4 Å². The molecule has 2 atom stereocenters. The van der Waals surface area contributed by atoms with Gasteiger partial charge in [0.05, 0.1) is 0 Å². The first-order chi connectivity index (χ1) is 7.09. The summed E-state index contributed by atoms with van der Waals surface area (Å²) in [6.07, 6.45) is 1.10. The van der Waals surface area contributed by atoms with Crippen LogP contribution in [-0.4, -0.2) is 5.78 Å². The van der Waals surface area contributed by atoms with Crippen LogP contribution in [0.1, 0.15) is 31.2 Å². The normalized spacial score (nSPS) is 25.9. The molecule has 1 fully saturated rings.